The van der Waals surface area contributed by atoms with E-state index in [1.165, 1.54) is 238 Å². The monoisotopic (exact) mass is 1370 g/mol. The van der Waals surface area contributed by atoms with Crippen LogP contribution in [-0.2, 0) is 23.7 Å². The van der Waals surface area contributed by atoms with Crippen molar-refractivity contribution < 1.29 is 64.6 Å². The van der Waals surface area contributed by atoms with Crippen LogP contribution >= 0.6 is 0 Å². The lowest BCUT2D eigenvalue weighted by Gasteiger charge is -2.46. The number of hydrogen-bond acceptors (Lipinski definition) is 13. The molecule has 2 saturated heterocycles. The molecule has 2 aliphatic heterocycles. The number of aliphatic hydroxyl groups excluding tert-OH is 8. The van der Waals surface area contributed by atoms with Gasteiger partial charge in [0.15, 0.2) is 12.6 Å². The van der Waals surface area contributed by atoms with Crippen molar-refractivity contribution in [3.63, 3.8) is 0 Å². The van der Waals surface area contributed by atoms with E-state index in [1.54, 1.807) is 6.08 Å². The Balaban J connectivity index is 1.64. The van der Waals surface area contributed by atoms with Gasteiger partial charge in [-0.05, 0) is 83.5 Å². The van der Waals surface area contributed by atoms with Crippen LogP contribution in [0.1, 0.15) is 341 Å². The third kappa shape index (κ3) is 49.4. The summed E-state index contributed by atoms with van der Waals surface area (Å²) in [6.45, 7) is 2.71. The summed E-state index contributed by atoms with van der Waals surface area (Å²) in [4.78, 5) is 13.4. The number of allylic oxidation sites excluding steroid dienone is 13. The van der Waals surface area contributed by atoms with Crippen LogP contribution in [0.3, 0.4) is 0 Å². The molecule has 0 spiro atoms. The van der Waals surface area contributed by atoms with E-state index in [4.69, 9.17) is 18.9 Å². The van der Waals surface area contributed by atoms with Gasteiger partial charge in [0.05, 0.1) is 32.0 Å². The van der Waals surface area contributed by atoms with Crippen molar-refractivity contribution in [2.45, 2.75) is 415 Å². The van der Waals surface area contributed by atoms with Crippen molar-refractivity contribution in [3.8, 4) is 0 Å². The molecule has 9 N–H and O–H groups in total. The number of aliphatic hydroxyl groups is 8. The molecule has 97 heavy (non-hydrogen) atoms. The number of carbonyl (C=O) groups is 1. The standard InChI is InChI=1S/C83H149NO13/c1-3-5-7-9-11-13-15-17-19-21-23-25-27-29-31-33-35-37-38-40-42-44-46-48-50-52-54-56-58-60-62-64-66-72(87)71(70-94-82-80(93)78(91)81(74(69-86)96-82)97-83-79(92)77(90)76(89)73(68-85)95-83)84-75(88)67-65-63-61-59-57-55-53-51-49-47-45-43-41-39-36-34-32-30-28-26-24-22-20-18-16-14-12-10-8-6-4-2/h6,8,12,14,18,20,24,26,48,50,56,58,64,66,71-74,76-83,85-87,89-93H,3-5,7,9-11,13,15-17,19,21-23,25,27-47,49,51-55,57,59-63,65,67-70H2,1-2H3,(H,84,88)/b8-6-,14-12-,20-18-,26-24-,50-48+,58-56+,66-64+. The normalized spacial score (nSPS) is 22.6. The van der Waals surface area contributed by atoms with Crippen LogP contribution in [0.4, 0.5) is 0 Å². The highest BCUT2D eigenvalue weighted by molar-refractivity contribution is 5.76. The number of carbonyl (C=O) groups excluding carboxylic acids is 1. The first-order valence-electron chi connectivity index (χ1n) is 40.3. The summed E-state index contributed by atoms with van der Waals surface area (Å²) in [5.74, 6) is -0.250. The Morgan fingerprint density at radius 3 is 1.13 bits per heavy atom. The highest BCUT2D eigenvalue weighted by atomic mass is 16.7. The van der Waals surface area contributed by atoms with Gasteiger partial charge in [-0.1, -0.05) is 336 Å². The van der Waals surface area contributed by atoms with Crippen molar-refractivity contribution >= 4 is 5.91 Å². The van der Waals surface area contributed by atoms with Crippen molar-refractivity contribution in [1.82, 2.24) is 5.32 Å². The lowest BCUT2D eigenvalue weighted by atomic mass is 9.97. The van der Waals surface area contributed by atoms with E-state index in [-0.39, 0.29) is 18.9 Å². The largest absolute Gasteiger partial charge is 0.394 e. The van der Waals surface area contributed by atoms with Crippen LogP contribution in [0.2, 0.25) is 0 Å². The molecule has 12 atom stereocenters. The van der Waals surface area contributed by atoms with Crippen molar-refractivity contribution in [2.24, 2.45) is 0 Å². The van der Waals surface area contributed by atoms with Gasteiger partial charge < -0.3 is 65.1 Å². The predicted molar refractivity (Wildman–Crippen MR) is 401 cm³/mol. The minimum atomic E-state index is -1.80. The van der Waals surface area contributed by atoms with Crippen molar-refractivity contribution in [1.29, 1.82) is 0 Å². The van der Waals surface area contributed by atoms with E-state index < -0.39 is 86.8 Å². The van der Waals surface area contributed by atoms with Crippen LogP contribution in [-0.4, -0.2) is 140 Å². The van der Waals surface area contributed by atoms with Crippen LogP contribution in [0.25, 0.3) is 0 Å². The molecule has 2 fully saturated rings. The smallest absolute Gasteiger partial charge is 0.220 e. The molecule has 0 saturated carbocycles. The van der Waals surface area contributed by atoms with Gasteiger partial charge in [-0.3, -0.25) is 4.79 Å². The molecule has 564 valence electrons. The average molecular weight is 1370 g/mol. The van der Waals surface area contributed by atoms with Crippen LogP contribution in [0.5, 0.6) is 0 Å². The van der Waals surface area contributed by atoms with Crippen LogP contribution in [0, 0.1) is 0 Å². The number of amides is 1. The Hall–Kier alpha value is -2.83. The predicted octanol–water partition coefficient (Wildman–Crippen LogP) is 18.3. The van der Waals surface area contributed by atoms with Gasteiger partial charge in [-0.25, -0.2) is 0 Å². The van der Waals surface area contributed by atoms with E-state index in [2.05, 4.69) is 92.1 Å². The minimum Gasteiger partial charge on any atom is -0.394 e. The third-order valence-electron chi connectivity index (χ3n) is 19.3. The Bertz CT molecular complexity index is 1950. The highest BCUT2D eigenvalue weighted by Crippen LogP contribution is 2.30. The number of hydrogen-bond donors (Lipinski definition) is 9. The van der Waals surface area contributed by atoms with Gasteiger partial charge in [-0.15, -0.1) is 0 Å². The number of nitrogens with one attached hydrogen (secondary N) is 1. The molecular formula is C83H149NO13. The fourth-order valence-electron chi connectivity index (χ4n) is 13.0. The van der Waals surface area contributed by atoms with E-state index in [0.29, 0.717) is 12.8 Å². The molecule has 14 nitrogen and oxygen atoms in total. The van der Waals surface area contributed by atoms with E-state index >= 15 is 0 Å². The third-order valence-corrected chi connectivity index (χ3v) is 19.3. The van der Waals surface area contributed by atoms with E-state index in [9.17, 15) is 45.6 Å². The lowest BCUT2D eigenvalue weighted by Crippen LogP contribution is -2.65. The minimum absolute atomic E-state index is 0.250. The Morgan fingerprint density at radius 2 is 0.722 bits per heavy atom. The van der Waals surface area contributed by atoms with E-state index in [0.717, 1.165) is 70.6 Å². The quantitative estimate of drug-likeness (QED) is 0.0204. The lowest BCUT2D eigenvalue weighted by molar-refractivity contribution is -0.359. The van der Waals surface area contributed by atoms with Crippen molar-refractivity contribution in [2.75, 3.05) is 19.8 Å². The second-order valence-corrected chi connectivity index (χ2v) is 28.1. The second-order valence-electron chi connectivity index (χ2n) is 28.1. The first-order chi connectivity index (χ1) is 47.6. The second kappa shape index (κ2) is 66.4. The van der Waals surface area contributed by atoms with Gasteiger partial charge in [0.25, 0.3) is 0 Å². The molecular weight excluding hydrogens is 1220 g/mol. The Kier molecular flexibility index (Phi) is 61.8. The van der Waals surface area contributed by atoms with Gasteiger partial charge in [-0.2, -0.15) is 0 Å². The maximum Gasteiger partial charge on any atom is 0.220 e. The molecule has 0 bridgehead atoms. The summed E-state index contributed by atoms with van der Waals surface area (Å²) >= 11 is 0. The summed E-state index contributed by atoms with van der Waals surface area (Å²) in [5, 5.41) is 87.7. The summed E-state index contributed by atoms with van der Waals surface area (Å²) in [6.07, 6.45) is 76.7. The SMILES string of the molecule is CC/C=C\C/C=C\C/C=C\C/C=C\CCCCCCCCCCCCCCCCCCCCC(=O)NC(COC1OC(CO)C(OC2OC(CO)C(O)C(O)C2O)C(O)C1O)C(O)/C=C/CC/C=C/CC/C=C/CCCCCCCCCCCCCCCCCCCCCCCC. The zero-order valence-corrected chi connectivity index (χ0v) is 61.8. The average Bonchev–Trinajstić information content (AvgIpc) is 0.794. The fourth-order valence-corrected chi connectivity index (χ4v) is 13.0. The Morgan fingerprint density at radius 1 is 0.381 bits per heavy atom. The molecule has 0 aromatic carbocycles. The maximum absolute atomic E-state index is 13.4. The molecule has 1 amide bonds. The summed E-state index contributed by atoms with van der Waals surface area (Å²) in [7, 11) is 0. The molecule has 0 aliphatic carbocycles. The summed E-state index contributed by atoms with van der Waals surface area (Å²) < 4.78 is 22.9. The molecule has 12 unspecified atom stereocenters. The molecule has 2 heterocycles. The first kappa shape index (κ1) is 90.3. The number of rotatable bonds is 67. The Labute approximate surface area is 592 Å². The van der Waals surface area contributed by atoms with Gasteiger partial charge in [0, 0.05) is 6.42 Å². The molecule has 2 aliphatic rings. The molecule has 0 aromatic heterocycles. The van der Waals surface area contributed by atoms with Gasteiger partial charge in [0.2, 0.25) is 5.91 Å². The van der Waals surface area contributed by atoms with Gasteiger partial charge in [0.1, 0.15) is 48.8 Å². The summed E-state index contributed by atoms with van der Waals surface area (Å²) in [5.41, 5.74) is 0. The number of unbranched alkanes of at least 4 members (excludes halogenated alkanes) is 42. The van der Waals surface area contributed by atoms with Crippen LogP contribution < -0.4 is 5.32 Å². The zero-order valence-electron chi connectivity index (χ0n) is 61.8. The van der Waals surface area contributed by atoms with E-state index in [1.807, 2.05) is 6.08 Å². The van der Waals surface area contributed by atoms with Gasteiger partial charge >= 0.3 is 0 Å². The maximum atomic E-state index is 13.4. The fraction of sp³-hybridized carbons (Fsp3) is 0.819. The molecule has 2 rings (SSSR count). The molecule has 14 heteroatoms. The number of ether oxygens (including phenoxy) is 4. The van der Waals surface area contributed by atoms with Crippen LogP contribution in [0.15, 0.2) is 85.1 Å². The topological polar surface area (TPSA) is 228 Å². The van der Waals surface area contributed by atoms with Crippen molar-refractivity contribution in [3.05, 3.63) is 85.1 Å². The molecule has 0 radical (unpaired) electrons. The summed E-state index contributed by atoms with van der Waals surface area (Å²) in [6, 6.07) is -0.943. The zero-order chi connectivity index (χ0) is 70.1. The highest BCUT2D eigenvalue weighted by Gasteiger charge is 2.51. The first-order valence-corrected chi connectivity index (χ1v) is 40.3. The molecule has 0 aromatic rings.